The standard InChI is InChI=1S/C14H27NO4/c1-5-13(6-2)10-14(9-12(3,4)15(13)17)18-8-11(7-16)19-14/h11,16-17H,5-10H2,1-4H3. The van der Waals surface area contributed by atoms with E-state index in [2.05, 4.69) is 13.8 Å². The molecule has 2 heterocycles. The highest BCUT2D eigenvalue weighted by Gasteiger charge is 2.58. The second-order valence-electron chi connectivity index (χ2n) is 6.55. The van der Waals surface area contributed by atoms with Crippen molar-refractivity contribution in [1.29, 1.82) is 0 Å². The van der Waals surface area contributed by atoms with Crippen LogP contribution in [0.15, 0.2) is 0 Å². The SMILES string of the molecule is CCC1(CC)CC2(CC(C)(C)N1O)OCC(CO)O2. The molecule has 5 heteroatoms. The first-order chi connectivity index (χ1) is 8.83. The Morgan fingerprint density at radius 2 is 1.84 bits per heavy atom. The molecule has 0 aromatic carbocycles. The highest BCUT2D eigenvalue weighted by atomic mass is 16.7. The van der Waals surface area contributed by atoms with Crippen LogP contribution in [0.5, 0.6) is 0 Å². The minimum atomic E-state index is -0.665. The Balaban J connectivity index is 2.29. The fourth-order valence-electron chi connectivity index (χ4n) is 3.71. The van der Waals surface area contributed by atoms with Crippen LogP contribution in [-0.4, -0.2) is 51.6 Å². The predicted octanol–water partition coefficient (Wildman–Crippen LogP) is 1.91. The maximum absolute atomic E-state index is 10.6. The first-order valence-electron chi connectivity index (χ1n) is 7.25. The van der Waals surface area contributed by atoms with Gasteiger partial charge in [0.2, 0.25) is 0 Å². The molecular weight excluding hydrogens is 246 g/mol. The molecule has 19 heavy (non-hydrogen) atoms. The van der Waals surface area contributed by atoms with Gasteiger partial charge in [-0.2, -0.15) is 5.06 Å². The molecule has 0 aliphatic carbocycles. The topological polar surface area (TPSA) is 62.2 Å². The van der Waals surface area contributed by atoms with Gasteiger partial charge < -0.3 is 19.8 Å². The van der Waals surface area contributed by atoms with E-state index in [1.54, 1.807) is 0 Å². The third-order valence-electron chi connectivity index (χ3n) is 4.76. The van der Waals surface area contributed by atoms with Crippen molar-refractivity contribution < 1.29 is 19.8 Å². The molecule has 2 unspecified atom stereocenters. The molecule has 0 aromatic rings. The van der Waals surface area contributed by atoms with E-state index in [-0.39, 0.29) is 18.2 Å². The molecule has 2 saturated heterocycles. The predicted molar refractivity (Wildman–Crippen MR) is 70.9 cm³/mol. The summed E-state index contributed by atoms with van der Waals surface area (Å²) in [5.74, 6) is -0.665. The van der Waals surface area contributed by atoms with E-state index in [1.165, 1.54) is 5.06 Å². The van der Waals surface area contributed by atoms with Gasteiger partial charge in [-0.25, -0.2) is 0 Å². The van der Waals surface area contributed by atoms with Gasteiger partial charge >= 0.3 is 0 Å². The molecule has 0 amide bonds. The average molecular weight is 273 g/mol. The van der Waals surface area contributed by atoms with Crippen molar-refractivity contribution in [3.05, 3.63) is 0 Å². The molecule has 1 spiro atoms. The number of hydrogen-bond acceptors (Lipinski definition) is 5. The summed E-state index contributed by atoms with van der Waals surface area (Å²) in [6.45, 7) is 8.60. The van der Waals surface area contributed by atoms with Crippen LogP contribution in [-0.2, 0) is 9.47 Å². The molecule has 2 atom stereocenters. The Bertz CT molecular complexity index is 329. The first-order valence-corrected chi connectivity index (χ1v) is 7.25. The van der Waals surface area contributed by atoms with Gasteiger partial charge in [-0.3, -0.25) is 0 Å². The zero-order valence-corrected chi connectivity index (χ0v) is 12.5. The summed E-state index contributed by atoms with van der Waals surface area (Å²) < 4.78 is 11.9. The van der Waals surface area contributed by atoms with E-state index in [0.717, 1.165) is 12.8 Å². The van der Waals surface area contributed by atoms with Crippen LogP contribution >= 0.6 is 0 Å². The van der Waals surface area contributed by atoms with Crippen molar-refractivity contribution in [3.63, 3.8) is 0 Å². The lowest BCUT2D eigenvalue weighted by Crippen LogP contribution is -2.66. The molecule has 0 saturated carbocycles. The zero-order valence-electron chi connectivity index (χ0n) is 12.5. The summed E-state index contributed by atoms with van der Waals surface area (Å²) in [7, 11) is 0. The van der Waals surface area contributed by atoms with Gasteiger partial charge in [-0.15, -0.1) is 0 Å². The Kier molecular flexibility index (Phi) is 3.97. The van der Waals surface area contributed by atoms with E-state index >= 15 is 0 Å². The van der Waals surface area contributed by atoms with Gasteiger partial charge in [0, 0.05) is 18.4 Å². The van der Waals surface area contributed by atoms with Gasteiger partial charge in [-0.1, -0.05) is 13.8 Å². The minimum Gasteiger partial charge on any atom is -0.394 e. The van der Waals surface area contributed by atoms with Gasteiger partial charge in [0.1, 0.15) is 6.10 Å². The summed E-state index contributed by atoms with van der Waals surface area (Å²) in [5, 5.41) is 21.3. The summed E-state index contributed by atoms with van der Waals surface area (Å²) >= 11 is 0. The van der Waals surface area contributed by atoms with Crippen LogP contribution in [0.2, 0.25) is 0 Å². The largest absolute Gasteiger partial charge is 0.394 e. The van der Waals surface area contributed by atoms with E-state index in [9.17, 15) is 10.3 Å². The van der Waals surface area contributed by atoms with Gasteiger partial charge in [0.15, 0.2) is 5.79 Å². The van der Waals surface area contributed by atoms with Crippen molar-refractivity contribution in [2.45, 2.75) is 76.3 Å². The van der Waals surface area contributed by atoms with Crippen LogP contribution in [0.25, 0.3) is 0 Å². The van der Waals surface area contributed by atoms with Crippen LogP contribution < -0.4 is 0 Å². The number of nitrogens with zero attached hydrogens (tertiary/aromatic N) is 1. The lowest BCUT2D eigenvalue weighted by molar-refractivity contribution is -0.327. The Morgan fingerprint density at radius 3 is 2.32 bits per heavy atom. The molecule has 2 aliphatic rings. The normalized spacial score (nSPS) is 37.9. The van der Waals surface area contributed by atoms with Crippen molar-refractivity contribution in [1.82, 2.24) is 5.06 Å². The smallest absolute Gasteiger partial charge is 0.172 e. The molecule has 2 fully saturated rings. The van der Waals surface area contributed by atoms with Crippen molar-refractivity contribution in [2.75, 3.05) is 13.2 Å². The lowest BCUT2D eigenvalue weighted by atomic mass is 9.73. The van der Waals surface area contributed by atoms with E-state index in [1.807, 2.05) is 13.8 Å². The fourth-order valence-corrected chi connectivity index (χ4v) is 3.71. The highest BCUT2D eigenvalue weighted by Crippen LogP contribution is 2.49. The molecule has 0 radical (unpaired) electrons. The van der Waals surface area contributed by atoms with E-state index < -0.39 is 11.3 Å². The van der Waals surface area contributed by atoms with E-state index in [4.69, 9.17) is 9.47 Å². The summed E-state index contributed by atoms with van der Waals surface area (Å²) in [6, 6.07) is 0. The number of hydroxylamine groups is 2. The fraction of sp³-hybridized carbons (Fsp3) is 1.00. The van der Waals surface area contributed by atoms with Crippen molar-refractivity contribution in [3.8, 4) is 0 Å². The van der Waals surface area contributed by atoms with Crippen molar-refractivity contribution in [2.24, 2.45) is 0 Å². The molecule has 0 aromatic heterocycles. The van der Waals surface area contributed by atoms with Gasteiger partial charge in [0.25, 0.3) is 0 Å². The summed E-state index contributed by atoms with van der Waals surface area (Å²) in [4.78, 5) is 0. The summed E-state index contributed by atoms with van der Waals surface area (Å²) in [6.07, 6.45) is 2.68. The van der Waals surface area contributed by atoms with Gasteiger partial charge in [0.05, 0.1) is 18.8 Å². The van der Waals surface area contributed by atoms with Crippen LogP contribution in [0, 0.1) is 0 Å². The lowest BCUT2D eigenvalue weighted by Gasteiger charge is -2.56. The number of piperidine rings is 1. The molecule has 0 bridgehead atoms. The Morgan fingerprint density at radius 1 is 1.21 bits per heavy atom. The molecule has 2 aliphatic heterocycles. The van der Waals surface area contributed by atoms with Crippen LogP contribution in [0.1, 0.15) is 53.4 Å². The molecule has 5 nitrogen and oxygen atoms in total. The molecular formula is C14H27NO4. The van der Waals surface area contributed by atoms with E-state index in [0.29, 0.717) is 19.4 Å². The van der Waals surface area contributed by atoms with Crippen LogP contribution in [0.3, 0.4) is 0 Å². The monoisotopic (exact) mass is 273 g/mol. The maximum Gasteiger partial charge on any atom is 0.172 e. The number of rotatable bonds is 3. The third-order valence-corrected chi connectivity index (χ3v) is 4.76. The number of hydrogen-bond donors (Lipinski definition) is 2. The quantitative estimate of drug-likeness (QED) is 0.822. The average Bonchev–Trinajstić information content (AvgIpc) is 2.76. The first kappa shape index (κ1) is 15.2. The number of aliphatic hydroxyl groups excluding tert-OH is 1. The molecule has 2 rings (SSSR count). The zero-order chi connectivity index (χ0) is 14.3. The molecule has 2 N–H and O–H groups in total. The molecule has 112 valence electrons. The second kappa shape index (κ2) is 4.97. The Labute approximate surface area is 115 Å². The Hall–Kier alpha value is -0.200. The minimum absolute atomic E-state index is 0.0176. The highest BCUT2D eigenvalue weighted by molar-refractivity contribution is 5.05. The third kappa shape index (κ3) is 2.43. The van der Waals surface area contributed by atoms with Crippen molar-refractivity contribution >= 4 is 0 Å². The van der Waals surface area contributed by atoms with Crippen LogP contribution in [0.4, 0.5) is 0 Å². The van der Waals surface area contributed by atoms with Gasteiger partial charge in [-0.05, 0) is 26.7 Å². The second-order valence-corrected chi connectivity index (χ2v) is 6.55. The maximum atomic E-state index is 10.6. The number of ether oxygens (including phenoxy) is 2. The number of aliphatic hydroxyl groups is 1. The summed E-state index contributed by atoms with van der Waals surface area (Å²) in [5.41, 5.74) is -0.735.